The minimum absolute atomic E-state index is 0.0159. The second-order valence-corrected chi connectivity index (χ2v) is 7.66. The van der Waals surface area contributed by atoms with Crippen molar-refractivity contribution < 1.29 is 33.4 Å². The number of hydrogen-bond donors (Lipinski definition) is 0. The van der Waals surface area contributed by atoms with Crippen LogP contribution in [0.2, 0.25) is 0 Å². The summed E-state index contributed by atoms with van der Waals surface area (Å²) >= 11 is 0. The molecule has 2 aromatic carbocycles. The van der Waals surface area contributed by atoms with Crippen LogP contribution >= 0.6 is 0 Å². The van der Waals surface area contributed by atoms with Crippen LogP contribution in [0.1, 0.15) is 29.3 Å². The molecule has 3 rings (SSSR count). The number of benzene rings is 2. The van der Waals surface area contributed by atoms with Crippen LogP contribution in [0.25, 0.3) is 0 Å². The van der Waals surface area contributed by atoms with E-state index in [1.54, 1.807) is 6.92 Å². The van der Waals surface area contributed by atoms with E-state index in [4.69, 9.17) is 14.2 Å². The van der Waals surface area contributed by atoms with Crippen LogP contribution in [-0.2, 0) is 35.0 Å². The largest absolute Gasteiger partial charge is 0.462 e. The van der Waals surface area contributed by atoms with Crippen molar-refractivity contribution in [2.24, 2.45) is 0 Å². The third-order valence-electron chi connectivity index (χ3n) is 5.53. The number of carbonyl (C=O) groups excluding carboxylic acids is 4. The first-order chi connectivity index (χ1) is 16.4. The van der Waals surface area contributed by atoms with Gasteiger partial charge >= 0.3 is 5.97 Å². The molecule has 1 unspecified atom stereocenters. The maximum atomic E-state index is 13.3. The fraction of sp³-hybridized carbons (Fsp3) is 0.360. The first-order valence-corrected chi connectivity index (χ1v) is 10.9. The standard InChI is InChI=1S/C25H28N2O7/c1-4-34-25(31)18-10-12-19(13-11-18)27-22(29)15-20(24(27)30)26(16-23(32-2)33-3)21(28)14-17-8-6-5-7-9-17/h5-13,20,23H,4,14-16H2,1-3H3. The lowest BCUT2D eigenvalue weighted by atomic mass is 10.1. The van der Waals surface area contributed by atoms with Gasteiger partial charge < -0.3 is 19.1 Å². The molecule has 0 radical (unpaired) electrons. The van der Waals surface area contributed by atoms with Crippen LogP contribution in [0.15, 0.2) is 54.6 Å². The molecule has 9 heteroatoms. The molecule has 1 saturated heterocycles. The highest BCUT2D eigenvalue weighted by Gasteiger charge is 2.45. The Morgan fingerprint density at radius 2 is 1.68 bits per heavy atom. The summed E-state index contributed by atoms with van der Waals surface area (Å²) in [6, 6.07) is 14.1. The molecule has 180 valence electrons. The van der Waals surface area contributed by atoms with Gasteiger partial charge in [0.15, 0.2) is 6.29 Å². The predicted molar refractivity (Wildman–Crippen MR) is 123 cm³/mol. The molecule has 1 aliphatic rings. The van der Waals surface area contributed by atoms with Crippen LogP contribution in [0.5, 0.6) is 0 Å². The number of carbonyl (C=O) groups is 4. The van der Waals surface area contributed by atoms with Crippen LogP contribution in [-0.4, -0.2) is 68.3 Å². The normalized spacial score (nSPS) is 15.6. The van der Waals surface area contributed by atoms with Gasteiger partial charge in [-0.2, -0.15) is 0 Å². The summed E-state index contributed by atoms with van der Waals surface area (Å²) in [4.78, 5) is 53.7. The van der Waals surface area contributed by atoms with Gasteiger partial charge in [-0.15, -0.1) is 0 Å². The fourth-order valence-corrected chi connectivity index (χ4v) is 3.77. The third kappa shape index (κ3) is 5.67. The van der Waals surface area contributed by atoms with Gasteiger partial charge in [0.2, 0.25) is 11.8 Å². The Bertz CT molecular complexity index is 1020. The molecule has 0 aromatic heterocycles. The summed E-state index contributed by atoms with van der Waals surface area (Å²) < 4.78 is 15.5. The quantitative estimate of drug-likeness (QED) is 0.299. The summed E-state index contributed by atoms with van der Waals surface area (Å²) in [5.74, 6) is -1.78. The van der Waals surface area contributed by atoms with Crippen molar-refractivity contribution in [1.82, 2.24) is 4.90 Å². The van der Waals surface area contributed by atoms with E-state index in [9.17, 15) is 19.2 Å². The van der Waals surface area contributed by atoms with Crippen molar-refractivity contribution in [2.75, 3.05) is 32.3 Å². The van der Waals surface area contributed by atoms with Crippen LogP contribution < -0.4 is 4.90 Å². The molecule has 0 aliphatic carbocycles. The molecule has 34 heavy (non-hydrogen) atoms. The first-order valence-electron chi connectivity index (χ1n) is 10.9. The summed E-state index contributed by atoms with van der Waals surface area (Å²) in [6.07, 6.45) is -0.868. The number of anilines is 1. The molecule has 2 aromatic rings. The molecule has 1 heterocycles. The maximum absolute atomic E-state index is 13.3. The van der Waals surface area contributed by atoms with E-state index >= 15 is 0 Å². The van der Waals surface area contributed by atoms with Gasteiger partial charge in [-0.3, -0.25) is 14.4 Å². The highest BCUT2D eigenvalue weighted by Crippen LogP contribution is 2.27. The van der Waals surface area contributed by atoms with E-state index in [0.29, 0.717) is 11.3 Å². The first kappa shape index (κ1) is 25.1. The molecular weight excluding hydrogens is 440 g/mol. The Balaban J connectivity index is 1.84. The van der Waals surface area contributed by atoms with Gasteiger partial charge in [0.25, 0.3) is 5.91 Å². The van der Waals surface area contributed by atoms with E-state index in [0.717, 1.165) is 10.5 Å². The van der Waals surface area contributed by atoms with Gasteiger partial charge in [0, 0.05) is 14.2 Å². The van der Waals surface area contributed by atoms with E-state index in [-0.39, 0.29) is 31.9 Å². The van der Waals surface area contributed by atoms with Crippen LogP contribution in [0.3, 0.4) is 0 Å². The zero-order chi connectivity index (χ0) is 24.7. The summed E-state index contributed by atoms with van der Waals surface area (Å²) in [5.41, 5.74) is 1.41. The Hall–Kier alpha value is -3.56. The summed E-state index contributed by atoms with van der Waals surface area (Å²) in [5, 5.41) is 0. The second kappa shape index (κ2) is 11.5. The smallest absolute Gasteiger partial charge is 0.338 e. The van der Waals surface area contributed by atoms with E-state index in [2.05, 4.69) is 0 Å². The Morgan fingerprint density at radius 1 is 1.03 bits per heavy atom. The Kier molecular flexibility index (Phi) is 8.50. The molecule has 1 fully saturated rings. The second-order valence-electron chi connectivity index (χ2n) is 7.66. The van der Waals surface area contributed by atoms with Crippen molar-refractivity contribution in [3.63, 3.8) is 0 Å². The zero-order valence-electron chi connectivity index (χ0n) is 19.4. The van der Waals surface area contributed by atoms with Crippen molar-refractivity contribution in [3.05, 3.63) is 65.7 Å². The highest BCUT2D eigenvalue weighted by atomic mass is 16.7. The SMILES string of the molecule is CCOC(=O)c1ccc(N2C(=O)CC(N(CC(OC)OC)C(=O)Cc3ccccc3)C2=O)cc1. The average Bonchev–Trinajstić information content (AvgIpc) is 3.14. The lowest BCUT2D eigenvalue weighted by molar-refractivity contribution is -0.152. The van der Waals surface area contributed by atoms with E-state index in [1.165, 1.54) is 43.4 Å². The molecule has 1 atom stereocenters. The van der Waals surface area contributed by atoms with Gasteiger partial charge in [0.1, 0.15) is 6.04 Å². The summed E-state index contributed by atoms with van der Waals surface area (Å²) in [6.45, 7) is 1.93. The monoisotopic (exact) mass is 468 g/mol. The molecule has 3 amide bonds. The number of methoxy groups -OCH3 is 2. The molecule has 0 spiro atoms. The van der Waals surface area contributed by atoms with Gasteiger partial charge in [-0.1, -0.05) is 30.3 Å². The molecule has 0 N–H and O–H groups in total. The predicted octanol–water partition coefficient (Wildman–Crippen LogP) is 2.19. The number of rotatable bonds is 10. The lowest BCUT2D eigenvalue weighted by Crippen LogP contribution is -2.49. The topological polar surface area (TPSA) is 102 Å². The third-order valence-corrected chi connectivity index (χ3v) is 5.53. The molecular formula is C25H28N2O7. The minimum atomic E-state index is -0.999. The lowest BCUT2D eigenvalue weighted by Gasteiger charge is -2.30. The Morgan fingerprint density at radius 3 is 2.26 bits per heavy atom. The number of imide groups is 1. The Labute approximate surface area is 198 Å². The fourth-order valence-electron chi connectivity index (χ4n) is 3.77. The van der Waals surface area contributed by atoms with Crippen molar-refractivity contribution in [3.8, 4) is 0 Å². The zero-order valence-corrected chi connectivity index (χ0v) is 19.4. The minimum Gasteiger partial charge on any atom is -0.462 e. The van der Waals surface area contributed by atoms with Crippen molar-refractivity contribution in [2.45, 2.75) is 32.1 Å². The van der Waals surface area contributed by atoms with Gasteiger partial charge in [0.05, 0.1) is 37.2 Å². The highest BCUT2D eigenvalue weighted by molar-refractivity contribution is 6.23. The molecule has 1 aliphatic heterocycles. The summed E-state index contributed by atoms with van der Waals surface area (Å²) in [7, 11) is 2.88. The van der Waals surface area contributed by atoms with E-state index < -0.39 is 30.1 Å². The number of hydrogen-bond acceptors (Lipinski definition) is 7. The van der Waals surface area contributed by atoms with Crippen molar-refractivity contribution in [1.29, 1.82) is 0 Å². The van der Waals surface area contributed by atoms with Crippen molar-refractivity contribution >= 4 is 29.4 Å². The molecule has 0 saturated carbocycles. The van der Waals surface area contributed by atoms with Crippen LogP contribution in [0, 0.1) is 0 Å². The number of nitrogens with zero attached hydrogens (tertiary/aromatic N) is 2. The number of amides is 3. The van der Waals surface area contributed by atoms with E-state index in [1.807, 2.05) is 30.3 Å². The van der Waals surface area contributed by atoms with Gasteiger partial charge in [-0.05, 0) is 36.8 Å². The number of ether oxygens (including phenoxy) is 3. The average molecular weight is 469 g/mol. The van der Waals surface area contributed by atoms with Gasteiger partial charge in [-0.25, -0.2) is 9.69 Å². The number of esters is 1. The molecule has 9 nitrogen and oxygen atoms in total. The van der Waals surface area contributed by atoms with Crippen LogP contribution in [0.4, 0.5) is 5.69 Å². The molecule has 0 bridgehead atoms. The maximum Gasteiger partial charge on any atom is 0.338 e.